The van der Waals surface area contributed by atoms with E-state index in [0.29, 0.717) is 6.04 Å². The van der Waals surface area contributed by atoms with Crippen molar-refractivity contribution in [2.45, 2.75) is 25.3 Å². The largest absolute Gasteiger partial charge is 0.365 e. The summed E-state index contributed by atoms with van der Waals surface area (Å²) in [5.41, 5.74) is 0. The number of hydrogen-bond acceptors (Lipinski definition) is 5. The molecule has 1 aliphatic heterocycles. The fourth-order valence-electron chi connectivity index (χ4n) is 2.24. The summed E-state index contributed by atoms with van der Waals surface area (Å²) >= 11 is 1.66. The van der Waals surface area contributed by atoms with Crippen LogP contribution in [0, 0.1) is 0 Å². The van der Waals surface area contributed by atoms with Crippen molar-refractivity contribution in [2.24, 2.45) is 0 Å². The highest BCUT2D eigenvalue weighted by Gasteiger charge is 2.13. The van der Waals surface area contributed by atoms with Gasteiger partial charge in [0.2, 0.25) is 0 Å². The molecule has 17 heavy (non-hydrogen) atoms. The van der Waals surface area contributed by atoms with Crippen LogP contribution in [0.5, 0.6) is 0 Å². The van der Waals surface area contributed by atoms with Gasteiger partial charge >= 0.3 is 0 Å². The van der Waals surface area contributed by atoms with Gasteiger partial charge in [0.15, 0.2) is 0 Å². The second kappa shape index (κ2) is 4.98. The topological polar surface area (TPSA) is 49.8 Å². The Bertz CT molecular complexity index is 488. The molecule has 5 heteroatoms. The Balaban J connectivity index is 1.81. The van der Waals surface area contributed by atoms with Crippen molar-refractivity contribution in [3.63, 3.8) is 0 Å². The highest BCUT2D eigenvalue weighted by atomic mass is 32.1. The van der Waals surface area contributed by atoms with Crippen LogP contribution >= 0.6 is 11.3 Å². The maximum absolute atomic E-state index is 4.36. The van der Waals surface area contributed by atoms with Gasteiger partial charge in [-0.3, -0.25) is 0 Å². The third kappa shape index (κ3) is 2.40. The van der Waals surface area contributed by atoms with Gasteiger partial charge in [-0.05, 0) is 30.8 Å². The Morgan fingerprint density at radius 2 is 2.35 bits per heavy atom. The van der Waals surface area contributed by atoms with Gasteiger partial charge in [-0.2, -0.15) is 0 Å². The molecule has 2 aromatic heterocycles. The number of thiophene rings is 1. The molecule has 2 N–H and O–H groups in total. The number of aromatic nitrogens is 2. The normalized spacial score (nSPS) is 21.3. The lowest BCUT2D eigenvalue weighted by molar-refractivity contribution is 0.634. The van der Waals surface area contributed by atoms with Crippen LogP contribution in [-0.2, 0) is 0 Å². The van der Waals surface area contributed by atoms with Crippen LogP contribution in [0.2, 0.25) is 0 Å². The van der Waals surface area contributed by atoms with Gasteiger partial charge in [-0.1, -0.05) is 6.42 Å². The summed E-state index contributed by atoms with van der Waals surface area (Å²) in [6, 6.07) is 2.57. The molecule has 3 rings (SSSR count). The zero-order chi connectivity index (χ0) is 11.5. The molecule has 4 nitrogen and oxygen atoms in total. The lowest BCUT2D eigenvalue weighted by Gasteiger charge is -2.17. The minimum Gasteiger partial charge on any atom is -0.365 e. The molecule has 2 aromatic rings. The monoisotopic (exact) mass is 248 g/mol. The van der Waals surface area contributed by atoms with E-state index in [9.17, 15) is 0 Å². The summed E-state index contributed by atoms with van der Waals surface area (Å²) in [4.78, 5) is 9.69. The standard InChI is InChI=1S/C12H16N4S/c1-2-5-13-7-9(3-1)16-11-10-4-6-17-12(10)15-8-14-11/h4,6,8-9,13H,1-3,5,7H2,(H,14,15,16). The van der Waals surface area contributed by atoms with Crippen LogP contribution in [0.25, 0.3) is 10.2 Å². The predicted octanol–water partition coefficient (Wildman–Crippen LogP) is 2.25. The lowest BCUT2D eigenvalue weighted by atomic mass is 10.1. The average Bonchev–Trinajstić information content (AvgIpc) is 2.69. The van der Waals surface area contributed by atoms with Crippen molar-refractivity contribution in [3.05, 3.63) is 17.8 Å². The molecule has 0 aromatic carbocycles. The van der Waals surface area contributed by atoms with Crippen LogP contribution in [0.4, 0.5) is 5.82 Å². The van der Waals surface area contributed by atoms with Crippen molar-refractivity contribution in [1.29, 1.82) is 0 Å². The van der Waals surface area contributed by atoms with Crippen LogP contribution in [-0.4, -0.2) is 29.1 Å². The molecule has 3 heterocycles. The number of fused-ring (bicyclic) bond motifs is 1. The number of hydrogen-bond donors (Lipinski definition) is 2. The highest BCUT2D eigenvalue weighted by molar-refractivity contribution is 7.16. The SMILES string of the molecule is c1nc(NC2CCCCNC2)c2ccsc2n1. The molecular weight excluding hydrogens is 232 g/mol. The molecule has 1 aliphatic rings. The van der Waals surface area contributed by atoms with E-state index in [4.69, 9.17) is 0 Å². The molecule has 1 fully saturated rings. The maximum Gasteiger partial charge on any atom is 0.138 e. The minimum absolute atomic E-state index is 0.482. The second-order valence-corrected chi connectivity index (χ2v) is 5.30. The third-order valence-corrected chi connectivity index (χ3v) is 3.97. The van der Waals surface area contributed by atoms with Crippen molar-refractivity contribution in [3.8, 4) is 0 Å². The van der Waals surface area contributed by atoms with E-state index < -0.39 is 0 Å². The number of nitrogens with one attached hydrogen (secondary N) is 2. The molecule has 0 bridgehead atoms. The first-order valence-electron chi connectivity index (χ1n) is 6.09. The summed E-state index contributed by atoms with van der Waals surface area (Å²) in [5, 5.41) is 10.2. The highest BCUT2D eigenvalue weighted by Crippen LogP contribution is 2.24. The van der Waals surface area contributed by atoms with Crippen LogP contribution in [0.15, 0.2) is 17.8 Å². The molecule has 1 atom stereocenters. The Labute approximate surface area is 104 Å². The van der Waals surface area contributed by atoms with E-state index in [2.05, 4.69) is 32.0 Å². The summed E-state index contributed by atoms with van der Waals surface area (Å²) in [6.07, 6.45) is 5.41. The number of nitrogens with zero attached hydrogens (tertiary/aromatic N) is 2. The van der Waals surface area contributed by atoms with Crippen molar-refractivity contribution < 1.29 is 0 Å². The molecule has 0 spiro atoms. The summed E-state index contributed by atoms with van der Waals surface area (Å²) in [7, 11) is 0. The van der Waals surface area contributed by atoms with Gasteiger partial charge in [0, 0.05) is 12.6 Å². The molecule has 90 valence electrons. The Morgan fingerprint density at radius 1 is 1.35 bits per heavy atom. The van der Waals surface area contributed by atoms with E-state index in [0.717, 1.165) is 29.1 Å². The first-order valence-corrected chi connectivity index (χ1v) is 6.97. The summed E-state index contributed by atoms with van der Waals surface area (Å²) < 4.78 is 0. The van der Waals surface area contributed by atoms with Crippen molar-refractivity contribution in [2.75, 3.05) is 18.4 Å². The van der Waals surface area contributed by atoms with E-state index in [1.807, 2.05) is 0 Å². The zero-order valence-corrected chi connectivity index (χ0v) is 10.5. The maximum atomic E-state index is 4.36. The first-order chi connectivity index (χ1) is 8.43. The molecule has 0 radical (unpaired) electrons. The van der Waals surface area contributed by atoms with E-state index >= 15 is 0 Å². The molecule has 0 amide bonds. The Hall–Kier alpha value is -1.20. The van der Waals surface area contributed by atoms with Crippen molar-refractivity contribution in [1.82, 2.24) is 15.3 Å². The van der Waals surface area contributed by atoms with Gasteiger partial charge in [0.05, 0.1) is 5.39 Å². The number of anilines is 1. The van der Waals surface area contributed by atoms with E-state index in [-0.39, 0.29) is 0 Å². The molecule has 1 unspecified atom stereocenters. The summed E-state index contributed by atoms with van der Waals surface area (Å²) in [6.45, 7) is 2.16. The first kappa shape index (κ1) is 10.9. The van der Waals surface area contributed by atoms with Crippen molar-refractivity contribution >= 4 is 27.4 Å². The quantitative estimate of drug-likeness (QED) is 0.856. The average molecular weight is 248 g/mol. The van der Waals surface area contributed by atoms with E-state index in [1.165, 1.54) is 19.3 Å². The van der Waals surface area contributed by atoms with E-state index in [1.54, 1.807) is 17.7 Å². The lowest BCUT2D eigenvalue weighted by Crippen LogP contribution is -2.31. The van der Waals surface area contributed by atoms with Gasteiger partial charge < -0.3 is 10.6 Å². The molecule has 0 aliphatic carbocycles. The number of rotatable bonds is 2. The Kier molecular flexibility index (Phi) is 3.20. The fourth-order valence-corrected chi connectivity index (χ4v) is 2.97. The summed E-state index contributed by atoms with van der Waals surface area (Å²) in [5.74, 6) is 0.977. The second-order valence-electron chi connectivity index (χ2n) is 4.40. The third-order valence-electron chi connectivity index (χ3n) is 3.15. The molecule has 1 saturated heterocycles. The molecular formula is C12H16N4S. The van der Waals surface area contributed by atoms with Crippen LogP contribution < -0.4 is 10.6 Å². The Morgan fingerprint density at radius 3 is 3.35 bits per heavy atom. The van der Waals surface area contributed by atoms with Gasteiger partial charge in [0.1, 0.15) is 17.0 Å². The predicted molar refractivity (Wildman–Crippen MR) is 71.5 cm³/mol. The minimum atomic E-state index is 0.482. The molecule has 0 saturated carbocycles. The van der Waals surface area contributed by atoms with Gasteiger partial charge in [0.25, 0.3) is 0 Å². The van der Waals surface area contributed by atoms with Gasteiger partial charge in [-0.25, -0.2) is 9.97 Å². The van der Waals surface area contributed by atoms with Crippen LogP contribution in [0.3, 0.4) is 0 Å². The zero-order valence-electron chi connectivity index (χ0n) is 9.65. The fraction of sp³-hybridized carbons (Fsp3) is 0.500. The smallest absolute Gasteiger partial charge is 0.138 e. The van der Waals surface area contributed by atoms with Gasteiger partial charge in [-0.15, -0.1) is 11.3 Å². The van der Waals surface area contributed by atoms with Crippen LogP contribution in [0.1, 0.15) is 19.3 Å².